The Hall–Kier alpha value is -4.33. The van der Waals surface area contributed by atoms with Gasteiger partial charge in [-0.15, -0.1) is 0 Å². The van der Waals surface area contributed by atoms with Crippen molar-refractivity contribution in [3.05, 3.63) is 84.4 Å². The summed E-state index contributed by atoms with van der Waals surface area (Å²) in [5.74, 6) is -1.15. The molecule has 18 heteroatoms. The number of nitrogens with zero attached hydrogens (tertiary/aromatic N) is 4. The molecular formula is C29H31N5O11S2. The van der Waals surface area contributed by atoms with Gasteiger partial charge in [-0.25, -0.2) is 15.0 Å². The van der Waals surface area contributed by atoms with Crippen molar-refractivity contribution in [2.45, 2.75) is 37.6 Å². The van der Waals surface area contributed by atoms with Crippen LogP contribution in [0.25, 0.3) is 11.2 Å². The van der Waals surface area contributed by atoms with E-state index in [-0.39, 0.29) is 23.6 Å². The first-order chi connectivity index (χ1) is 22.2. The third kappa shape index (κ3) is 8.34. The molecule has 1 saturated heterocycles. The van der Waals surface area contributed by atoms with Gasteiger partial charge in [0.15, 0.2) is 34.9 Å². The number of fused-ring (bicyclic) bond motifs is 1. The molecule has 250 valence electrons. The molecule has 1 fully saturated rings. The van der Waals surface area contributed by atoms with Gasteiger partial charge in [-0.3, -0.25) is 22.5 Å². The lowest BCUT2D eigenvalue weighted by Crippen LogP contribution is -2.53. The van der Waals surface area contributed by atoms with Crippen LogP contribution in [0.5, 0.6) is 0 Å². The summed E-state index contributed by atoms with van der Waals surface area (Å²) in [6, 6.07) is 17.3. The number of hydrogen-bond donors (Lipinski definition) is 1. The largest absolute Gasteiger partial charge is 0.455 e. The molecule has 16 nitrogen and oxygen atoms in total. The van der Waals surface area contributed by atoms with E-state index in [1.807, 2.05) is 0 Å². The number of rotatable bonds is 13. The van der Waals surface area contributed by atoms with Crippen molar-refractivity contribution in [3.8, 4) is 0 Å². The van der Waals surface area contributed by atoms with E-state index in [9.17, 15) is 26.4 Å². The number of benzene rings is 2. The smallest absolute Gasteiger partial charge is 0.303 e. The van der Waals surface area contributed by atoms with E-state index < -0.39 is 69.4 Å². The molecule has 0 aliphatic carbocycles. The summed E-state index contributed by atoms with van der Waals surface area (Å²) in [5, 5.41) is 2.70. The second-order valence-electron chi connectivity index (χ2n) is 10.7. The van der Waals surface area contributed by atoms with Crippen LogP contribution in [0.4, 0.5) is 5.82 Å². The third-order valence-corrected chi connectivity index (χ3v) is 8.06. The van der Waals surface area contributed by atoms with Gasteiger partial charge in [-0.05, 0) is 17.7 Å². The van der Waals surface area contributed by atoms with E-state index in [4.69, 9.17) is 22.6 Å². The number of nitrogens with one attached hydrogen (secondary N) is 1. The van der Waals surface area contributed by atoms with Crippen molar-refractivity contribution in [3.63, 3.8) is 0 Å². The maximum atomic E-state index is 12.9. The van der Waals surface area contributed by atoms with Gasteiger partial charge >= 0.3 is 5.97 Å². The minimum Gasteiger partial charge on any atom is -0.455 e. The normalized spacial score (nSPS) is 19.4. The Bertz CT molecular complexity index is 1920. The summed E-state index contributed by atoms with van der Waals surface area (Å²) in [6.07, 6.45) is 0.0155. The van der Waals surface area contributed by atoms with Crippen LogP contribution in [0.2, 0.25) is 0 Å². The molecule has 5 rings (SSSR count). The Labute approximate surface area is 270 Å². The average molecular weight is 690 g/mol. The first-order valence-corrected chi connectivity index (χ1v) is 17.6. The molecule has 1 amide bonds. The highest BCUT2D eigenvalue weighted by atomic mass is 32.2. The van der Waals surface area contributed by atoms with Crippen LogP contribution in [0.1, 0.15) is 29.1 Å². The summed E-state index contributed by atoms with van der Waals surface area (Å²) in [4.78, 5) is 38.2. The van der Waals surface area contributed by atoms with Crippen molar-refractivity contribution in [1.29, 1.82) is 0 Å². The Morgan fingerprint density at radius 3 is 2.13 bits per heavy atom. The zero-order chi connectivity index (χ0) is 33.8. The van der Waals surface area contributed by atoms with Crippen LogP contribution in [0.15, 0.2) is 73.3 Å². The number of esters is 1. The zero-order valence-electron chi connectivity index (χ0n) is 25.4. The molecule has 3 heterocycles. The Morgan fingerprint density at radius 2 is 1.53 bits per heavy atom. The summed E-state index contributed by atoms with van der Waals surface area (Å²) in [7, 11) is -8.22. The number of carbonyl (C=O) groups is 2. The van der Waals surface area contributed by atoms with Crippen molar-refractivity contribution in [2.75, 3.05) is 31.0 Å². The Balaban J connectivity index is 1.59. The van der Waals surface area contributed by atoms with Gasteiger partial charge < -0.3 is 19.5 Å². The van der Waals surface area contributed by atoms with Crippen LogP contribution in [-0.4, -0.2) is 91.8 Å². The Kier molecular flexibility index (Phi) is 9.99. The van der Waals surface area contributed by atoms with Crippen molar-refractivity contribution >= 4 is 49.1 Å². The fraction of sp³-hybridized carbons (Fsp3) is 0.345. The first-order valence-electron chi connectivity index (χ1n) is 14.0. The van der Waals surface area contributed by atoms with Crippen molar-refractivity contribution in [2.24, 2.45) is 0 Å². The molecule has 0 bridgehead atoms. The molecule has 0 unspecified atom stereocenters. The molecule has 0 spiro atoms. The number of hydrogen-bond acceptors (Lipinski definition) is 14. The maximum absolute atomic E-state index is 12.9. The third-order valence-electron chi connectivity index (χ3n) is 6.96. The van der Waals surface area contributed by atoms with Gasteiger partial charge in [0.1, 0.15) is 25.6 Å². The summed E-state index contributed by atoms with van der Waals surface area (Å²) < 4.78 is 78.6. The molecular weight excluding hydrogens is 658 g/mol. The van der Waals surface area contributed by atoms with Gasteiger partial charge in [0, 0.05) is 12.5 Å². The van der Waals surface area contributed by atoms with Crippen LogP contribution in [0.3, 0.4) is 0 Å². The predicted octanol–water partition coefficient (Wildman–Crippen LogP) is 1.82. The topological polar surface area (TPSA) is 204 Å². The van der Waals surface area contributed by atoms with Gasteiger partial charge in [-0.1, -0.05) is 48.5 Å². The van der Waals surface area contributed by atoms with Crippen molar-refractivity contribution in [1.82, 2.24) is 19.5 Å². The molecule has 4 aromatic rings. The van der Waals surface area contributed by atoms with Crippen molar-refractivity contribution < 1.29 is 49.0 Å². The lowest BCUT2D eigenvalue weighted by Gasteiger charge is -2.33. The van der Waals surface area contributed by atoms with Gasteiger partial charge in [-0.2, -0.15) is 16.8 Å². The van der Waals surface area contributed by atoms with Crippen LogP contribution in [-0.2, 0) is 54.2 Å². The number of ether oxygens (including phenoxy) is 3. The Morgan fingerprint density at radius 1 is 0.915 bits per heavy atom. The highest BCUT2D eigenvalue weighted by Gasteiger charge is 2.60. The van der Waals surface area contributed by atoms with Crippen LogP contribution >= 0.6 is 0 Å². The van der Waals surface area contributed by atoms with Crippen LogP contribution < -0.4 is 5.32 Å². The second-order valence-corrected chi connectivity index (χ2v) is 14.0. The van der Waals surface area contributed by atoms with E-state index in [0.717, 1.165) is 19.4 Å². The molecule has 1 aliphatic heterocycles. The number of imidazole rings is 1. The van der Waals surface area contributed by atoms with Crippen LogP contribution in [0, 0.1) is 0 Å². The number of carbonyl (C=O) groups excluding carboxylic acids is 2. The molecule has 1 N–H and O–H groups in total. The fourth-order valence-electron chi connectivity index (χ4n) is 4.94. The summed E-state index contributed by atoms with van der Waals surface area (Å²) in [5.41, 5.74) is -0.663. The van der Waals surface area contributed by atoms with E-state index in [2.05, 4.69) is 20.3 Å². The highest BCUT2D eigenvalue weighted by molar-refractivity contribution is 7.86. The fourth-order valence-corrected chi connectivity index (χ4v) is 5.77. The van der Waals surface area contributed by atoms with E-state index in [1.54, 1.807) is 60.7 Å². The van der Waals surface area contributed by atoms with Gasteiger partial charge in [0.2, 0.25) is 0 Å². The first kappa shape index (κ1) is 34.0. The quantitative estimate of drug-likeness (QED) is 0.157. The zero-order valence-corrected chi connectivity index (χ0v) is 27.0. The molecule has 47 heavy (non-hydrogen) atoms. The monoisotopic (exact) mass is 689 g/mol. The van der Waals surface area contributed by atoms with E-state index >= 15 is 0 Å². The molecule has 0 radical (unpaired) electrons. The predicted molar refractivity (Wildman–Crippen MR) is 165 cm³/mol. The number of aromatic nitrogens is 4. The minimum atomic E-state index is -4.11. The standard InChI is InChI=1S/C29H31N5O11S2/c1-19(35)44-23-24(41-14-20-10-6-4-7-11-20)29(15-42-46(2,37)38,16-43-47(3,39)40)45-28(23)34-18-32-22-25(30-17-31-26(22)34)33-27(36)21-12-8-5-9-13-21/h4-13,17-18,23-24,28H,14-16H2,1-3H3,(H,30,31,33,36)/t23-,24+,28-/m0/s1. The number of anilines is 1. The van der Waals surface area contributed by atoms with Gasteiger partial charge in [0.05, 0.1) is 25.4 Å². The average Bonchev–Trinajstić information content (AvgIpc) is 3.58. The minimum absolute atomic E-state index is 0.0635. The number of amides is 1. The molecule has 0 saturated carbocycles. The lowest BCUT2D eigenvalue weighted by atomic mass is 9.96. The summed E-state index contributed by atoms with van der Waals surface area (Å²) in [6.45, 7) is -0.498. The van der Waals surface area contributed by atoms with Gasteiger partial charge in [0.25, 0.3) is 26.1 Å². The van der Waals surface area contributed by atoms with E-state index in [0.29, 0.717) is 11.1 Å². The molecule has 3 atom stereocenters. The maximum Gasteiger partial charge on any atom is 0.303 e. The highest BCUT2D eigenvalue weighted by Crippen LogP contribution is 2.43. The molecule has 2 aromatic heterocycles. The SMILES string of the molecule is CC(=O)O[C@H]1[C@@H](OCc2ccccc2)C(COS(C)(=O)=O)(COS(C)(=O)=O)O[C@@H]1n1cnc2c(NC(=O)c3ccccc3)ncnc21. The van der Waals surface area contributed by atoms with E-state index in [1.165, 1.54) is 17.2 Å². The lowest BCUT2D eigenvalue weighted by molar-refractivity contribution is -0.159. The molecule has 1 aliphatic rings. The summed E-state index contributed by atoms with van der Waals surface area (Å²) >= 11 is 0. The second kappa shape index (κ2) is 13.8. The molecule has 2 aromatic carbocycles.